The van der Waals surface area contributed by atoms with Crippen LogP contribution >= 0.6 is 35.5 Å². The van der Waals surface area contributed by atoms with Crippen molar-refractivity contribution in [3.8, 4) is 0 Å². The molecule has 6 nitrogen and oxygen atoms in total. The van der Waals surface area contributed by atoms with Gasteiger partial charge in [0.25, 0.3) is 5.91 Å². The summed E-state index contributed by atoms with van der Waals surface area (Å²) in [4.78, 5) is 12.3. The fourth-order valence-electron chi connectivity index (χ4n) is 2.35. The van der Waals surface area contributed by atoms with E-state index < -0.39 is 5.91 Å². The van der Waals surface area contributed by atoms with Gasteiger partial charge in [0.1, 0.15) is 16.6 Å². The third kappa shape index (κ3) is 3.07. The van der Waals surface area contributed by atoms with E-state index >= 15 is 0 Å². The van der Waals surface area contributed by atoms with Crippen molar-refractivity contribution in [2.45, 2.75) is 0 Å². The number of thiocarbonyl (C=S) groups is 1. The lowest BCUT2D eigenvalue weighted by molar-refractivity contribution is 0.0953. The number of carbonyl (C=O) groups is 1. The Morgan fingerprint density at radius 3 is 2.88 bits per heavy atom. The van der Waals surface area contributed by atoms with Gasteiger partial charge in [0.2, 0.25) is 0 Å². The Labute approximate surface area is 156 Å². The van der Waals surface area contributed by atoms with E-state index in [0.29, 0.717) is 27.3 Å². The molecule has 0 saturated carbocycles. The van der Waals surface area contributed by atoms with Gasteiger partial charge < -0.3 is 9.73 Å². The predicted molar refractivity (Wildman–Crippen MR) is 102 cm³/mol. The highest BCUT2D eigenvalue weighted by molar-refractivity contribution is 7.80. The lowest BCUT2D eigenvalue weighted by atomic mass is 10.2. The molecule has 124 valence electrons. The number of para-hydroxylation sites is 1. The Morgan fingerprint density at radius 2 is 2.04 bits per heavy atom. The number of furan rings is 1. The molecule has 2 aromatic heterocycles. The lowest BCUT2D eigenvalue weighted by Gasteiger charge is -2.10. The summed E-state index contributed by atoms with van der Waals surface area (Å²) in [6.07, 6.45) is 0. The Kier molecular flexibility index (Phi) is 4.08. The van der Waals surface area contributed by atoms with E-state index in [1.165, 1.54) is 0 Å². The van der Waals surface area contributed by atoms with E-state index in [4.69, 9.17) is 28.2 Å². The smallest absolute Gasteiger partial charge is 0.293 e. The summed E-state index contributed by atoms with van der Waals surface area (Å²) in [7, 11) is 0. The topological polar surface area (TPSA) is 80.0 Å². The molecule has 0 fully saturated rings. The number of hydrogen-bond donors (Lipinski definition) is 2. The predicted octanol–water partition coefficient (Wildman–Crippen LogP) is 4.22. The molecule has 1 amide bonds. The number of carbonyl (C=O) groups excluding carboxylic acids is 1. The zero-order valence-corrected chi connectivity index (χ0v) is 14.8. The first-order valence-electron chi connectivity index (χ1n) is 7.13. The van der Waals surface area contributed by atoms with Crippen molar-refractivity contribution in [1.29, 1.82) is 0 Å². The SMILES string of the molecule is O=C(NC(=S)Nc1c(Cl)ccc2nsnc12)c1cc2ccccc2o1. The number of benzene rings is 2. The van der Waals surface area contributed by atoms with Crippen molar-refractivity contribution in [1.82, 2.24) is 14.1 Å². The van der Waals surface area contributed by atoms with Crippen LogP contribution in [0.2, 0.25) is 5.02 Å². The average molecular weight is 389 g/mol. The van der Waals surface area contributed by atoms with Gasteiger partial charge >= 0.3 is 0 Å². The molecule has 4 aromatic rings. The normalized spacial score (nSPS) is 10.9. The minimum Gasteiger partial charge on any atom is -0.451 e. The van der Waals surface area contributed by atoms with E-state index in [-0.39, 0.29) is 10.9 Å². The summed E-state index contributed by atoms with van der Waals surface area (Å²) < 4.78 is 13.9. The summed E-state index contributed by atoms with van der Waals surface area (Å²) in [6, 6.07) is 12.5. The summed E-state index contributed by atoms with van der Waals surface area (Å²) in [6.45, 7) is 0. The molecule has 2 heterocycles. The molecule has 0 aliphatic carbocycles. The van der Waals surface area contributed by atoms with Crippen molar-refractivity contribution in [3.05, 3.63) is 53.2 Å². The summed E-state index contributed by atoms with van der Waals surface area (Å²) in [5.41, 5.74) is 2.43. The molecule has 0 aliphatic rings. The van der Waals surface area contributed by atoms with E-state index in [2.05, 4.69) is 19.4 Å². The molecule has 0 aliphatic heterocycles. The molecule has 0 bridgehead atoms. The molecule has 0 spiro atoms. The molecule has 9 heteroatoms. The Balaban J connectivity index is 1.54. The van der Waals surface area contributed by atoms with E-state index in [1.807, 2.05) is 18.2 Å². The molecular formula is C16H9ClN4O2S2. The third-order valence-corrected chi connectivity index (χ3v) is 4.55. The number of hydrogen-bond acceptors (Lipinski definition) is 6. The number of amides is 1. The number of nitrogens with zero attached hydrogens (tertiary/aromatic N) is 2. The largest absolute Gasteiger partial charge is 0.451 e. The van der Waals surface area contributed by atoms with Gasteiger partial charge in [0.15, 0.2) is 10.9 Å². The number of fused-ring (bicyclic) bond motifs is 2. The highest BCUT2D eigenvalue weighted by Crippen LogP contribution is 2.29. The van der Waals surface area contributed by atoms with Gasteiger partial charge in [-0.25, -0.2) is 0 Å². The quantitative estimate of drug-likeness (QED) is 0.500. The molecule has 0 radical (unpaired) electrons. The minimum atomic E-state index is -0.451. The Hall–Kier alpha value is -2.55. The standard InChI is InChI=1S/C16H9ClN4O2S2/c17-9-5-6-10-14(21-25-20-10)13(9)18-16(24)19-15(22)12-7-8-3-1-2-4-11(8)23-12/h1-7H,(H2,18,19,22,24). The van der Waals surface area contributed by atoms with E-state index in [0.717, 1.165) is 17.1 Å². The second-order valence-corrected chi connectivity index (χ2v) is 6.45. The van der Waals surface area contributed by atoms with Gasteiger partial charge in [-0.15, -0.1) is 0 Å². The van der Waals surface area contributed by atoms with Crippen molar-refractivity contribution in [2.24, 2.45) is 0 Å². The van der Waals surface area contributed by atoms with Crippen LogP contribution in [-0.4, -0.2) is 19.8 Å². The zero-order valence-electron chi connectivity index (χ0n) is 12.4. The van der Waals surface area contributed by atoms with Gasteiger partial charge in [-0.05, 0) is 36.5 Å². The van der Waals surface area contributed by atoms with Crippen LogP contribution in [-0.2, 0) is 0 Å². The van der Waals surface area contributed by atoms with Crippen molar-refractivity contribution in [3.63, 3.8) is 0 Å². The Morgan fingerprint density at radius 1 is 1.20 bits per heavy atom. The zero-order chi connectivity index (χ0) is 17.4. The van der Waals surface area contributed by atoms with E-state index in [1.54, 1.807) is 24.3 Å². The van der Waals surface area contributed by atoms with Crippen LogP contribution in [0.25, 0.3) is 22.0 Å². The summed E-state index contributed by atoms with van der Waals surface area (Å²) in [5.74, 6) is -0.279. The second kappa shape index (κ2) is 6.40. The molecule has 2 N–H and O–H groups in total. The highest BCUT2D eigenvalue weighted by atomic mass is 35.5. The molecule has 0 saturated heterocycles. The molecule has 0 atom stereocenters. The number of nitrogens with one attached hydrogen (secondary N) is 2. The number of halogens is 1. The Bertz CT molecular complexity index is 1090. The third-order valence-electron chi connectivity index (χ3n) is 3.49. The number of anilines is 1. The highest BCUT2D eigenvalue weighted by Gasteiger charge is 2.16. The number of rotatable bonds is 2. The van der Waals surface area contributed by atoms with Crippen LogP contribution in [0.4, 0.5) is 5.69 Å². The molecule has 25 heavy (non-hydrogen) atoms. The van der Waals surface area contributed by atoms with Crippen LogP contribution in [0.5, 0.6) is 0 Å². The van der Waals surface area contributed by atoms with Crippen molar-refractivity contribution < 1.29 is 9.21 Å². The maximum Gasteiger partial charge on any atom is 0.293 e. The average Bonchev–Trinajstić information content (AvgIpc) is 3.23. The first kappa shape index (κ1) is 15.9. The first-order valence-corrected chi connectivity index (χ1v) is 8.65. The molecular weight excluding hydrogens is 380 g/mol. The first-order chi connectivity index (χ1) is 12.1. The summed E-state index contributed by atoms with van der Waals surface area (Å²) >= 11 is 12.5. The lowest BCUT2D eigenvalue weighted by Crippen LogP contribution is -2.34. The number of aromatic nitrogens is 2. The molecule has 2 aromatic carbocycles. The maximum absolute atomic E-state index is 12.3. The maximum atomic E-state index is 12.3. The van der Waals surface area contributed by atoms with Crippen molar-refractivity contribution >= 4 is 74.3 Å². The van der Waals surface area contributed by atoms with Crippen molar-refractivity contribution in [2.75, 3.05) is 5.32 Å². The van der Waals surface area contributed by atoms with E-state index in [9.17, 15) is 4.79 Å². The fourth-order valence-corrected chi connectivity index (χ4v) is 3.29. The van der Waals surface area contributed by atoms with Gasteiger partial charge in [-0.3, -0.25) is 10.1 Å². The van der Waals surface area contributed by atoms with Crippen LogP contribution in [0.1, 0.15) is 10.6 Å². The monoisotopic (exact) mass is 388 g/mol. The second-order valence-electron chi connectivity index (χ2n) is 5.11. The summed E-state index contributed by atoms with van der Waals surface area (Å²) in [5, 5.41) is 6.84. The minimum absolute atomic E-state index is 0.0906. The van der Waals surface area contributed by atoms with Crippen LogP contribution in [0.15, 0.2) is 46.9 Å². The molecule has 0 unspecified atom stereocenters. The van der Waals surface area contributed by atoms with Crippen LogP contribution in [0.3, 0.4) is 0 Å². The van der Waals surface area contributed by atoms with Crippen LogP contribution < -0.4 is 10.6 Å². The fraction of sp³-hybridized carbons (Fsp3) is 0. The van der Waals surface area contributed by atoms with Gasteiger partial charge in [-0.2, -0.15) is 8.75 Å². The van der Waals surface area contributed by atoms with Gasteiger partial charge in [0, 0.05) is 5.39 Å². The van der Waals surface area contributed by atoms with Gasteiger partial charge in [0.05, 0.1) is 22.4 Å². The molecule has 4 rings (SSSR count). The van der Waals surface area contributed by atoms with Gasteiger partial charge in [-0.1, -0.05) is 29.8 Å². The van der Waals surface area contributed by atoms with Crippen LogP contribution in [0, 0.1) is 0 Å².